The third-order valence-electron chi connectivity index (χ3n) is 0.574. The van der Waals surface area contributed by atoms with Crippen LogP contribution in [0.4, 0.5) is 0 Å². The van der Waals surface area contributed by atoms with Crippen molar-refractivity contribution >= 4 is 17.2 Å². The van der Waals surface area contributed by atoms with Crippen molar-refractivity contribution in [3.63, 3.8) is 0 Å². The fourth-order valence-corrected chi connectivity index (χ4v) is 0.252. The molecular formula is C2H7N3O2S. The fraction of sp³-hybridized carbons (Fsp3) is 0.500. The Labute approximate surface area is 49.4 Å². The summed E-state index contributed by atoms with van der Waals surface area (Å²) in [5, 5.41) is 6.58. The van der Waals surface area contributed by atoms with Gasteiger partial charge in [-0.25, -0.2) is 8.51 Å². The monoisotopic (exact) mass is 137 g/mol. The Bertz CT molecular complexity index is 110. The van der Waals surface area contributed by atoms with Gasteiger partial charge in [-0.15, -0.1) is 0 Å². The van der Waals surface area contributed by atoms with Crippen LogP contribution in [-0.4, -0.2) is 26.1 Å². The standard InChI is InChI=1S/C2H7N3O2S/c1-5(2(3)4)8(6)7/h1H3,(H3,3,4)(H,6,7). The van der Waals surface area contributed by atoms with Gasteiger partial charge in [0.2, 0.25) is 5.96 Å². The van der Waals surface area contributed by atoms with Crippen LogP contribution in [0.1, 0.15) is 0 Å². The lowest BCUT2D eigenvalue weighted by molar-refractivity contribution is 0.517. The van der Waals surface area contributed by atoms with Gasteiger partial charge in [-0.1, -0.05) is 0 Å². The van der Waals surface area contributed by atoms with E-state index in [0.717, 1.165) is 4.31 Å². The van der Waals surface area contributed by atoms with E-state index < -0.39 is 17.2 Å². The highest BCUT2D eigenvalue weighted by molar-refractivity contribution is 7.77. The maximum Gasteiger partial charge on any atom is 0.263 e. The zero-order valence-corrected chi connectivity index (χ0v) is 5.10. The van der Waals surface area contributed by atoms with Crippen LogP contribution in [0, 0.1) is 5.41 Å². The van der Waals surface area contributed by atoms with E-state index in [2.05, 4.69) is 0 Å². The lowest BCUT2D eigenvalue weighted by atomic mass is 11.0. The van der Waals surface area contributed by atoms with Crippen LogP contribution in [0.25, 0.3) is 0 Å². The van der Waals surface area contributed by atoms with Crippen LogP contribution in [0.3, 0.4) is 0 Å². The summed E-state index contributed by atoms with van der Waals surface area (Å²) >= 11 is -2.16. The highest BCUT2D eigenvalue weighted by Gasteiger charge is 2.02. The third-order valence-corrected chi connectivity index (χ3v) is 1.24. The van der Waals surface area contributed by atoms with Crippen molar-refractivity contribution in [1.29, 1.82) is 5.41 Å². The molecule has 0 rings (SSSR count). The van der Waals surface area contributed by atoms with Crippen molar-refractivity contribution in [1.82, 2.24) is 4.31 Å². The van der Waals surface area contributed by atoms with Crippen molar-refractivity contribution in [2.45, 2.75) is 0 Å². The molecule has 0 saturated carbocycles. The first-order valence-corrected chi connectivity index (χ1v) is 2.80. The molecule has 0 radical (unpaired) electrons. The molecular weight excluding hydrogens is 130 g/mol. The smallest absolute Gasteiger partial charge is 0.263 e. The molecule has 0 saturated heterocycles. The predicted octanol–water partition coefficient (Wildman–Crippen LogP) is -1.05. The number of nitrogens with zero attached hydrogens (tertiary/aromatic N) is 1. The van der Waals surface area contributed by atoms with Gasteiger partial charge in [-0.05, 0) is 0 Å². The minimum absolute atomic E-state index is 0.425. The van der Waals surface area contributed by atoms with E-state index in [1.165, 1.54) is 7.05 Å². The molecule has 0 aromatic rings. The molecule has 0 bridgehead atoms. The topological polar surface area (TPSA) is 90.4 Å². The maximum absolute atomic E-state index is 9.96. The fourth-order valence-electron chi connectivity index (χ4n) is 0.0841. The average Bonchev–Trinajstić information content (AvgIpc) is 1.64. The summed E-state index contributed by atoms with van der Waals surface area (Å²) in [7, 11) is 1.25. The van der Waals surface area contributed by atoms with Gasteiger partial charge in [0.1, 0.15) is 0 Å². The van der Waals surface area contributed by atoms with E-state index in [1.807, 2.05) is 0 Å². The Hall–Kier alpha value is -0.620. The molecule has 0 aromatic carbocycles. The first kappa shape index (κ1) is 7.38. The lowest BCUT2D eigenvalue weighted by Gasteiger charge is -2.08. The van der Waals surface area contributed by atoms with E-state index >= 15 is 0 Å². The minimum Gasteiger partial charge on any atom is -0.369 e. The molecule has 0 amide bonds. The summed E-state index contributed by atoms with van der Waals surface area (Å²) in [5.74, 6) is -0.425. The lowest BCUT2D eigenvalue weighted by Crippen LogP contribution is -2.33. The predicted molar refractivity (Wildman–Crippen MR) is 30.4 cm³/mol. The van der Waals surface area contributed by atoms with E-state index in [9.17, 15) is 4.21 Å². The summed E-state index contributed by atoms with van der Waals surface area (Å²) in [6, 6.07) is 0. The summed E-state index contributed by atoms with van der Waals surface area (Å²) in [4.78, 5) is 0. The Morgan fingerprint density at radius 3 is 2.38 bits per heavy atom. The van der Waals surface area contributed by atoms with E-state index in [-0.39, 0.29) is 0 Å². The molecule has 4 N–H and O–H groups in total. The minimum atomic E-state index is -2.16. The highest BCUT2D eigenvalue weighted by Crippen LogP contribution is 1.80. The van der Waals surface area contributed by atoms with Gasteiger partial charge >= 0.3 is 0 Å². The highest BCUT2D eigenvalue weighted by atomic mass is 32.2. The zero-order valence-electron chi connectivity index (χ0n) is 4.29. The molecule has 1 unspecified atom stereocenters. The molecule has 0 aromatic heterocycles. The van der Waals surface area contributed by atoms with Gasteiger partial charge in [0.05, 0.1) is 0 Å². The van der Waals surface area contributed by atoms with Crippen LogP contribution in [-0.2, 0) is 11.3 Å². The quantitative estimate of drug-likeness (QED) is 0.244. The molecule has 0 aliphatic heterocycles. The molecule has 0 fully saturated rings. The van der Waals surface area contributed by atoms with Crippen molar-refractivity contribution in [2.75, 3.05) is 7.05 Å². The van der Waals surface area contributed by atoms with E-state index in [0.29, 0.717) is 0 Å². The SMILES string of the molecule is CN(C(=N)N)S(=O)O. The number of hydrogen-bond donors (Lipinski definition) is 3. The summed E-state index contributed by atoms with van der Waals surface area (Å²) in [6.45, 7) is 0. The van der Waals surface area contributed by atoms with Gasteiger partial charge in [-0.3, -0.25) is 9.96 Å². The Morgan fingerprint density at radius 2 is 2.38 bits per heavy atom. The van der Waals surface area contributed by atoms with Gasteiger partial charge in [0.25, 0.3) is 11.3 Å². The second-order valence-electron chi connectivity index (χ2n) is 1.11. The molecule has 0 aliphatic carbocycles. The Morgan fingerprint density at radius 1 is 2.00 bits per heavy atom. The van der Waals surface area contributed by atoms with E-state index in [1.54, 1.807) is 0 Å². The molecule has 1 atom stereocenters. The van der Waals surface area contributed by atoms with Crippen LogP contribution in [0.2, 0.25) is 0 Å². The Balaban J connectivity index is 3.83. The molecule has 48 valence electrons. The average molecular weight is 137 g/mol. The largest absolute Gasteiger partial charge is 0.369 e. The third kappa shape index (κ3) is 1.90. The number of hydrogen-bond acceptors (Lipinski definition) is 2. The van der Waals surface area contributed by atoms with Crippen molar-refractivity contribution < 1.29 is 8.76 Å². The van der Waals surface area contributed by atoms with Crippen LogP contribution in [0.5, 0.6) is 0 Å². The van der Waals surface area contributed by atoms with Gasteiger partial charge < -0.3 is 5.73 Å². The summed E-state index contributed by atoms with van der Waals surface area (Å²) in [5.41, 5.74) is 4.79. The number of rotatable bonds is 1. The molecule has 0 heterocycles. The number of guanidine groups is 1. The number of nitrogens with one attached hydrogen (secondary N) is 1. The van der Waals surface area contributed by atoms with Crippen molar-refractivity contribution in [3.8, 4) is 0 Å². The summed E-state index contributed by atoms with van der Waals surface area (Å²) in [6.07, 6.45) is 0. The Kier molecular flexibility index (Phi) is 2.43. The normalized spacial score (nSPS) is 12.8. The molecule has 0 spiro atoms. The maximum atomic E-state index is 9.96. The van der Waals surface area contributed by atoms with Crippen LogP contribution in [0.15, 0.2) is 0 Å². The first-order chi connectivity index (χ1) is 3.55. The molecule has 6 heteroatoms. The van der Waals surface area contributed by atoms with Crippen LogP contribution < -0.4 is 5.73 Å². The van der Waals surface area contributed by atoms with Crippen LogP contribution >= 0.6 is 0 Å². The zero-order chi connectivity index (χ0) is 6.73. The van der Waals surface area contributed by atoms with Gasteiger partial charge in [0, 0.05) is 7.05 Å². The van der Waals surface area contributed by atoms with Crippen molar-refractivity contribution in [2.24, 2.45) is 5.73 Å². The molecule has 5 nitrogen and oxygen atoms in total. The van der Waals surface area contributed by atoms with Gasteiger partial charge in [-0.2, -0.15) is 0 Å². The molecule has 8 heavy (non-hydrogen) atoms. The molecule has 0 aliphatic rings. The second-order valence-corrected chi connectivity index (χ2v) is 2.12. The van der Waals surface area contributed by atoms with E-state index in [4.69, 9.17) is 15.7 Å². The summed E-state index contributed by atoms with van der Waals surface area (Å²) < 4.78 is 18.8. The second kappa shape index (κ2) is 2.63. The van der Waals surface area contributed by atoms with Gasteiger partial charge in [0.15, 0.2) is 0 Å². The van der Waals surface area contributed by atoms with Crippen molar-refractivity contribution in [3.05, 3.63) is 0 Å². The number of nitrogens with two attached hydrogens (primary N) is 1. The first-order valence-electron chi connectivity index (χ1n) is 1.74.